The minimum Gasteiger partial charge on any atom is -0.456 e. The third-order valence-corrected chi connectivity index (χ3v) is 10.2. The van der Waals surface area contributed by atoms with Gasteiger partial charge in [0.1, 0.15) is 11.2 Å². The molecular weight excluding hydrogens is 631 g/mol. The molecule has 9 aromatic carbocycles. The second-order valence-electron chi connectivity index (χ2n) is 13.4. The highest BCUT2D eigenvalue weighted by molar-refractivity contribution is 6.22. The average Bonchev–Trinajstić information content (AvgIpc) is 3.60. The predicted octanol–water partition coefficient (Wildman–Crippen LogP) is 14.4. The first-order valence-corrected chi connectivity index (χ1v) is 17.8. The van der Waals surface area contributed by atoms with E-state index in [9.17, 15) is 0 Å². The van der Waals surface area contributed by atoms with Gasteiger partial charge in [-0.2, -0.15) is 0 Å². The number of hydrogen-bond donors (Lipinski definition) is 0. The normalized spacial score (nSPS) is 11.5. The summed E-state index contributed by atoms with van der Waals surface area (Å²) in [6, 6.07) is 71.7. The molecule has 0 saturated heterocycles. The third kappa shape index (κ3) is 5.21. The maximum absolute atomic E-state index is 6.39. The fraction of sp³-hybridized carbons (Fsp3) is 0. The molecule has 0 saturated carbocycles. The molecule has 1 aromatic heterocycles. The predicted molar refractivity (Wildman–Crippen MR) is 220 cm³/mol. The summed E-state index contributed by atoms with van der Waals surface area (Å²) >= 11 is 0. The minimum absolute atomic E-state index is 0.912. The number of anilines is 3. The SMILES string of the molecule is c1ccc(-c2ccc3cc(N(c4ccccc4)c4ccc(-c5ccc6c(c5)c(-c5ccccc5)cc5oc7ccccc7c56)cc4)ccc3c2)cc1. The molecule has 52 heavy (non-hydrogen) atoms. The van der Waals surface area contributed by atoms with Gasteiger partial charge in [-0.3, -0.25) is 0 Å². The second-order valence-corrected chi connectivity index (χ2v) is 13.4. The van der Waals surface area contributed by atoms with Gasteiger partial charge in [0.25, 0.3) is 0 Å². The van der Waals surface area contributed by atoms with Crippen molar-refractivity contribution >= 4 is 60.5 Å². The summed E-state index contributed by atoms with van der Waals surface area (Å²) in [5.41, 5.74) is 12.3. The molecule has 0 fully saturated rings. The molecule has 0 bridgehead atoms. The van der Waals surface area contributed by atoms with Crippen LogP contribution in [0.4, 0.5) is 17.1 Å². The number of fused-ring (bicyclic) bond motifs is 6. The third-order valence-electron chi connectivity index (χ3n) is 10.2. The van der Waals surface area contributed by atoms with Gasteiger partial charge in [-0.15, -0.1) is 0 Å². The van der Waals surface area contributed by atoms with Crippen molar-refractivity contribution < 1.29 is 4.42 Å². The zero-order chi connectivity index (χ0) is 34.4. The lowest BCUT2D eigenvalue weighted by atomic mass is 9.92. The van der Waals surface area contributed by atoms with Gasteiger partial charge in [-0.05, 0) is 116 Å². The molecule has 0 aliphatic rings. The fourth-order valence-corrected chi connectivity index (χ4v) is 7.68. The fourth-order valence-electron chi connectivity index (χ4n) is 7.68. The van der Waals surface area contributed by atoms with Crippen LogP contribution in [0.5, 0.6) is 0 Å². The molecule has 0 spiro atoms. The van der Waals surface area contributed by atoms with Crippen molar-refractivity contribution in [1.82, 2.24) is 0 Å². The molecule has 10 rings (SSSR count). The average molecular weight is 664 g/mol. The quantitative estimate of drug-likeness (QED) is 0.176. The summed E-state index contributed by atoms with van der Waals surface area (Å²) < 4.78 is 6.39. The van der Waals surface area contributed by atoms with Crippen molar-refractivity contribution in [3.8, 4) is 33.4 Å². The molecule has 2 heteroatoms. The van der Waals surface area contributed by atoms with E-state index in [4.69, 9.17) is 4.42 Å². The highest BCUT2D eigenvalue weighted by atomic mass is 16.3. The number of nitrogens with zero attached hydrogens (tertiary/aromatic N) is 1. The Morgan fingerprint density at radius 3 is 1.65 bits per heavy atom. The number of furan rings is 1. The van der Waals surface area contributed by atoms with Crippen LogP contribution in [0.3, 0.4) is 0 Å². The largest absolute Gasteiger partial charge is 0.456 e. The smallest absolute Gasteiger partial charge is 0.136 e. The standard InChI is InChI=1S/C50H33NO/c1-4-12-34(13-5-1)37-20-21-39-31-43(28-24-38(39)30-37)51(41-16-8-3-9-17-41)42-26-22-35(23-27-42)40-25-29-44-47(32-40)46(36-14-6-2-7-15-36)33-49-50(44)45-18-10-11-19-48(45)52-49/h1-33H. The second kappa shape index (κ2) is 12.5. The summed E-state index contributed by atoms with van der Waals surface area (Å²) in [6.07, 6.45) is 0. The molecule has 0 N–H and O–H groups in total. The Kier molecular flexibility index (Phi) is 7.18. The lowest BCUT2D eigenvalue weighted by Crippen LogP contribution is -2.09. The van der Waals surface area contributed by atoms with Crippen LogP contribution in [-0.4, -0.2) is 0 Å². The Labute approximate surface area is 302 Å². The van der Waals surface area contributed by atoms with Gasteiger partial charge in [0, 0.05) is 27.8 Å². The molecule has 0 aliphatic heterocycles. The van der Waals surface area contributed by atoms with Crippen molar-refractivity contribution in [2.45, 2.75) is 0 Å². The van der Waals surface area contributed by atoms with Gasteiger partial charge in [-0.1, -0.05) is 140 Å². The van der Waals surface area contributed by atoms with Crippen molar-refractivity contribution in [2.75, 3.05) is 4.90 Å². The maximum atomic E-state index is 6.39. The molecule has 0 radical (unpaired) electrons. The van der Waals surface area contributed by atoms with Crippen LogP contribution in [0.15, 0.2) is 205 Å². The first-order chi connectivity index (χ1) is 25.8. The van der Waals surface area contributed by atoms with Crippen LogP contribution >= 0.6 is 0 Å². The Balaban J connectivity index is 1.06. The summed E-state index contributed by atoms with van der Waals surface area (Å²) in [6.45, 7) is 0. The van der Waals surface area contributed by atoms with E-state index in [0.29, 0.717) is 0 Å². The van der Waals surface area contributed by atoms with Crippen LogP contribution in [0, 0.1) is 0 Å². The van der Waals surface area contributed by atoms with E-state index in [2.05, 4.69) is 199 Å². The molecule has 10 aromatic rings. The highest BCUT2D eigenvalue weighted by Gasteiger charge is 2.17. The van der Waals surface area contributed by atoms with E-state index < -0.39 is 0 Å². The van der Waals surface area contributed by atoms with Crippen LogP contribution < -0.4 is 4.90 Å². The Morgan fingerprint density at radius 1 is 0.308 bits per heavy atom. The van der Waals surface area contributed by atoms with Crippen LogP contribution in [0.2, 0.25) is 0 Å². The van der Waals surface area contributed by atoms with Crippen molar-refractivity contribution in [1.29, 1.82) is 0 Å². The lowest BCUT2D eigenvalue weighted by molar-refractivity contribution is 0.669. The van der Waals surface area contributed by atoms with Gasteiger partial charge in [0.15, 0.2) is 0 Å². The van der Waals surface area contributed by atoms with Crippen molar-refractivity contribution in [3.05, 3.63) is 200 Å². The number of para-hydroxylation sites is 2. The monoisotopic (exact) mass is 663 g/mol. The van der Waals surface area contributed by atoms with Gasteiger partial charge < -0.3 is 9.32 Å². The Hall–Kier alpha value is -6.90. The van der Waals surface area contributed by atoms with Gasteiger partial charge in [0.05, 0.1) is 0 Å². The van der Waals surface area contributed by atoms with E-state index in [1.54, 1.807) is 0 Å². The van der Waals surface area contributed by atoms with E-state index >= 15 is 0 Å². The lowest BCUT2D eigenvalue weighted by Gasteiger charge is -2.26. The van der Waals surface area contributed by atoms with E-state index in [1.807, 2.05) is 6.07 Å². The molecule has 0 atom stereocenters. The molecule has 244 valence electrons. The molecular formula is C50H33NO. The summed E-state index contributed by atoms with van der Waals surface area (Å²) in [4.78, 5) is 2.34. The minimum atomic E-state index is 0.912. The highest BCUT2D eigenvalue weighted by Crippen LogP contribution is 2.42. The number of hydrogen-bond acceptors (Lipinski definition) is 2. The first kappa shape index (κ1) is 30.0. The summed E-state index contributed by atoms with van der Waals surface area (Å²) in [5, 5.41) is 7.15. The molecule has 0 amide bonds. The zero-order valence-corrected chi connectivity index (χ0v) is 28.4. The van der Waals surface area contributed by atoms with Gasteiger partial charge in [0.2, 0.25) is 0 Å². The zero-order valence-electron chi connectivity index (χ0n) is 28.4. The molecule has 1 heterocycles. The van der Waals surface area contributed by atoms with E-state index in [1.165, 1.54) is 54.9 Å². The Morgan fingerprint density at radius 2 is 0.865 bits per heavy atom. The van der Waals surface area contributed by atoms with Crippen molar-refractivity contribution in [3.63, 3.8) is 0 Å². The molecule has 0 aliphatic carbocycles. The van der Waals surface area contributed by atoms with Crippen molar-refractivity contribution in [2.24, 2.45) is 0 Å². The number of rotatable bonds is 6. The van der Waals surface area contributed by atoms with E-state index in [0.717, 1.165) is 39.0 Å². The van der Waals surface area contributed by atoms with E-state index in [-0.39, 0.29) is 0 Å². The van der Waals surface area contributed by atoms with Crippen LogP contribution in [-0.2, 0) is 0 Å². The topological polar surface area (TPSA) is 16.4 Å². The van der Waals surface area contributed by atoms with Crippen LogP contribution in [0.1, 0.15) is 0 Å². The number of benzene rings is 9. The van der Waals surface area contributed by atoms with Gasteiger partial charge >= 0.3 is 0 Å². The van der Waals surface area contributed by atoms with Gasteiger partial charge in [-0.25, -0.2) is 0 Å². The molecule has 0 unspecified atom stereocenters. The van der Waals surface area contributed by atoms with Crippen LogP contribution in [0.25, 0.3) is 76.9 Å². The summed E-state index contributed by atoms with van der Waals surface area (Å²) in [7, 11) is 0. The Bertz CT molecular complexity index is 2870. The molecule has 2 nitrogen and oxygen atoms in total. The first-order valence-electron chi connectivity index (χ1n) is 17.8. The maximum Gasteiger partial charge on any atom is 0.136 e. The summed E-state index contributed by atoms with van der Waals surface area (Å²) in [5.74, 6) is 0.